The minimum atomic E-state index is -0.895. The standard InChI is InChI=1S/C10H15N3O2/c11-5-7(10(14)15)8-6-13-4-2-1-3-9(13)12-8/h6-7H,1-5,11H2,(H,14,15). The first-order chi connectivity index (χ1) is 7.22. The molecule has 0 fully saturated rings. The van der Waals surface area contributed by atoms with Gasteiger partial charge < -0.3 is 15.4 Å². The molecule has 15 heavy (non-hydrogen) atoms. The van der Waals surface area contributed by atoms with E-state index in [1.807, 2.05) is 10.8 Å². The lowest BCUT2D eigenvalue weighted by Gasteiger charge is -2.11. The van der Waals surface area contributed by atoms with E-state index in [9.17, 15) is 4.79 Å². The number of rotatable bonds is 3. The highest BCUT2D eigenvalue weighted by molar-refractivity contribution is 5.75. The topological polar surface area (TPSA) is 81.1 Å². The van der Waals surface area contributed by atoms with Crippen molar-refractivity contribution < 1.29 is 9.90 Å². The van der Waals surface area contributed by atoms with Gasteiger partial charge in [0.15, 0.2) is 0 Å². The molecule has 1 atom stereocenters. The van der Waals surface area contributed by atoms with Crippen LogP contribution in [0.5, 0.6) is 0 Å². The number of nitrogens with zero attached hydrogens (tertiary/aromatic N) is 2. The van der Waals surface area contributed by atoms with Gasteiger partial charge in [-0.15, -0.1) is 0 Å². The average Bonchev–Trinajstić information content (AvgIpc) is 2.61. The number of aromatic nitrogens is 2. The van der Waals surface area contributed by atoms with Crippen molar-refractivity contribution in [1.29, 1.82) is 0 Å². The van der Waals surface area contributed by atoms with Crippen molar-refractivity contribution in [3.05, 3.63) is 17.7 Å². The van der Waals surface area contributed by atoms with E-state index in [0.717, 1.165) is 31.6 Å². The van der Waals surface area contributed by atoms with E-state index in [1.54, 1.807) is 0 Å². The van der Waals surface area contributed by atoms with Crippen LogP contribution in [-0.4, -0.2) is 27.2 Å². The molecule has 5 nitrogen and oxygen atoms in total. The van der Waals surface area contributed by atoms with Crippen LogP contribution in [0.25, 0.3) is 0 Å². The summed E-state index contributed by atoms with van der Waals surface area (Å²) in [6.45, 7) is 1.05. The molecule has 1 aromatic heterocycles. The molecule has 1 aliphatic rings. The van der Waals surface area contributed by atoms with Gasteiger partial charge in [-0.1, -0.05) is 0 Å². The van der Waals surface area contributed by atoms with E-state index < -0.39 is 11.9 Å². The van der Waals surface area contributed by atoms with Gasteiger partial charge in [0.2, 0.25) is 0 Å². The molecule has 3 N–H and O–H groups in total. The number of carboxylic acids is 1. The molecular weight excluding hydrogens is 194 g/mol. The maximum absolute atomic E-state index is 10.9. The molecule has 1 unspecified atom stereocenters. The number of nitrogens with two attached hydrogens (primary N) is 1. The molecule has 0 saturated heterocycles. The molecular formula is C10H15N3O2. The maximum atomic E-state index is 10.9. The van der Waals surface area contributed by atoms with Gasteiger partial charge in [-0.3, -0.25) is 4.79 Å². The molecule has 0 amide bonds. The zero-order chi connectivity index (χ0) is 10.8. The second kappa shape index (κ2) is 4.02. The molecule has 82 valence electrons. The second-order valence-corrected chi connectivity index (χ2v) is 3.86. The second-order valence-electron chi connectivity index (χ2n) is 3.86. The van der Waals surface area contributed by atoms with Crippen molar-refractivity contribution in [1.82, 2.24) is 9.55 Å². The number of fused-ring (bicyclic) bond motifs is 1. The number of hydrogen-bond acceptors (Lipinski definition) is 3. The lowest BCUT2D eigenvalue weighted by atomic mass is 10.1. The van der Waals surface area contributed by atoms with Gasteiger partial charge in [0, 0.05) is 25.7 Å². The molecule has 0 saturated carbocycles. The first-order valence-corrected chi connectivity index (χ1v) is 5.21. The van der Waals surface area contributed by atoms with Gasteiger partial charge in [-0.05, 0) is 12.8 Å². The van der Waals surface area contributed by atoms with E-state index in [0.29, 0.717) is 5.69 Å². The third-order valence-corrected chi connectivity index (χ3v) is 2.82. The van der Waals surface area contributed by atoms with Crippen molar-refractivity contribution in [3.8, 4) is 0 Å². The molecule has 0 bridgehead atoms. The summed E-state index contributed by atoms with van der Waals surface area (Å²) >= 11 is 0. The number of carbonyl (C=O) groups is 1. The number of aliphatic carboxylic acids is 1. The highest BCUT2D eigenvalue weighted by atomic mass is 16.4. The molecule has 0 aliphatic carbocycles. The van der Waals surface area contributed by atoms with Crippen LogP contribution in [0.1, 0.15) is 30.3 Å². The van der Waals surface area contributed by atoms with Crippen LogP contribution < -0.4 is 5.73 Å². The van der Waals surface area contributed by atoms with Crippen LogP contribution in [0.15, 0.2) is 6.20 Å². The number of carboxylic acid groups (broad SMARTS) is 1. The van der Waals surface area contributed by atoms with E-state index >= 15 is 0 Å². The van der Waals surface area contributed by atoms with Gasteiger partial charge in [-0.25, -0.2) is 4.98 Å². The van der Waals surface area contributed by atoms with Crippen molar-refractivity contribution in [2.45, 2.75) is 31.7 Å². The van der Waals surface area contributed by atoms with E-state index in [1.165, 1.54) is 0 Å². The molecule has 1 aromatic rings. The number of aryl methyl sites for hydroxylation is 2. The number of imidazole rings is 1. The van der Waals surface area contributed by atoms with Crippen LogP contribution in [0.4, 0.5) is 0 Å². The summed E-state index contributed by atoms with van der Waals surface area (Å²) in [5.41, 5.74) is 6.03. The Morgan fingerprint density at radius 1 is 1.67 bits per heavy atom. The quantitative estimate of drug-likeness (QED) is 0.752. The maximum Gasteiger partial charge on any atom is 0.313 e. The SMILES string of the molecule is NCC(C(=O)O)c1cn2c(n1)CCCC2. The van der Waals surface area contributed by atoms with E-state index in [-0.39, 0.29) is 6.54 Å². The first kappa shape index (κ1) is 10.2. The molecule has 1 aliphatic heterocycles. The summed E-state index contributed by atoms with van der Waals surface area (Å²) < 4.78 is 2.05. The fourth-order valence-electron chi connectivity index (χ4n) is 1.95. The third-order valence-electron chi connectivity index (χ3n) is 2.82. The normalized spacial score (nSPS) is 17.1. The Morgan fingerprint density at radius 2 is 2.47 bits per heavy atom. The average molecular weight is 209 g/mol. The van der Waals surface area contributed by atoms with Crippen LogP contribution in [0.3, 0.4) is 0 Å². The summed E-state index contributed by atoms with van der Waals surface area (Å²) in [6.07, 6.45) is 5.05. The third kappa shape index (κ3) is 1.87. The largest absolute Gasteiger partial charge is 0.481 e. The van der Waals surface area contributed by atoms with Gasteiger partial charge >= 0.3 is 5.97 Å². The fourth-order valence-corrected chi connectivity index (χ4v) is 1.95. The molecule has 2 rings (SSSR count). The monoisotopic (exact) mass is 209 g/mol. The van der Waals surface area contributed by atoms with Crippen molar-refractivity contribution in [3.63, 3.8) is 0 Å². The van der Waals surface area contributed by atoms with Crippen molar-refractivity contribution >= 4 is 5.97 Å². The zero-order valence-electron chi connectivity index (χ0n) is 8.52. The summed E-state index contributed by atoms with van der Waals surface area (Å²) in [7, 11) is 0. The minimum absolute atomic E-state index is 0.103. The lowest BCUT2D eigenvalue weighted by Crippen LogP contribution is -2.21. The van der Waals surface area contributed by atoms with Crippen molar-refractivity contribution in [2.75, 3.05) is 6.54 Å². The predicted molar refractivity (Wildman–Crippen MR) is 54.6 cm³/mol. The van der Waals surface area contributed by atoms with Crippen molar-refractivity contribution in [2.24, 2.45) is 5.73 Å². The Balaban J connectivity index is 2.28. The Bertz CT molecular complexity index is 349. The predicted octanol–water partition coefficient (Wildman–Crippen LogP) is 0.346. The van der Waals surface area contributed by atoms with Gasteiger partial charge in [-0.2, -0.15) is 0 Å². The molecule has 2 heterocycles. The first-order valence-electron chi connectivity index (χ1n) is 5.21. The highest BCUT2D eigenvalue weighted by Crippen LogP contribution is 2.19. The summed E-state index contributed by atoms with van der Waals surface area (Å²) in [4.78, 5) is 15.3. The van der Waals surface area contributed by atoms with Crippen LogP contribution in [-0.2, 0) is 17.8 Å². The van der Waals surface area contributed by atoms with Gasteiger partial charge in [0.1, 0.15) is 11.7 Å². The van der Waals surface area contributed by atoms with E-state index in [2.05, 4.69) is 4.98 Å². The molecule has 0 spiro atoms. The summed E-state index contributed by atoms with van der Waals surface area (Å²) in [5.74, 6) is -0.563. The summed E-state index contributed by atoms with van der Waals surface area (Å²) in [6, 6.07) is 0. The van der Waals surface area contributed by atoms with Crippen LogP contribution >= 0.6 is 0 Å². The Labute approximate surface area is 87.9 Å². The summed E-state index contributed by atoms with van der Waals surface area (Å²) in [5, 5.41) is 8.96. The fraction of sp³-hybridized carbons (Fsp3) is 0.600. The number of hydrogen-bond donors (Lipinski definition) is 2. The van der Waals surface area contributed by atoms with Gasteiger partial charge in [0.05, 0.1) is 5.69 Å². The van der Waals surface area contributed by atoms with E-state index in [4.69, 9.17) is 10.8 Å². The Morgan fingerprint density at radius 3 is 3.07 bits per heavy atom. The van der Waals surface area contributed by atoms with Gasteiger partial charge in [0.25, 0.3) is 0 Å². The highest BCUT2D eigenvalue weighted by Gasteiger charge is 2.23. The van der Waals surface area contributed by atoms with Crippen LogP contribution in [0, 0.1) is 0 Å². The van der Waals surface area contributed by atoms with Crippen LogP contribution in [0.2, 0.25) is 0 Å². The molecule has 0 radical (unpaired) electrons. The lowest BCUT2D eigenvalue weighted by molar-refractivity contribution is -0.138. The molecule has 0 aromatic carbocycles. The minimum Gasteiger partial charge on any atom is -0.481 e. The smallest absolute Gasteiger partial charge is 0.313 e. The Kier molecular flexibility index (Phi) is 2.73. The molecule has 5 heteroatoms. The zero-order valence-corrected chi connectivity index (χ0v) is 8.52. The Hall–Kier alpha value is -1.36.